The minimum absolute atomic E-state index is 0.601. The van der Waals surface area contributed by atoms with E-state index in [0.29, 0.717) is 5.25 Å². The van der Waals surface area contributed by atoms with Crippen molar-refractivity contribution < 1.29 is 0 Å². The van der Waals surface area contributed by atoms with Crippen LogP contribution in [0, 0.1) is 0 Å². The molecule has 1 heteroatoms. The Morgan fingerprint density at radius 1 is 1.38 bits per heavy atom. The van der Waals surface area contributed by atoms with E-state index in [1.165, 1.54) is 16.9 Å². The molecule has 0 aliphatic carbocycles. The molecule has 0 aliphatic heterocycles. The van der Waals surface area contributed by atoms with Gasteiger partial charge in [-0.05, 0) is 23.8 Å². The summed E-state index contributed by atoms with van der Waals surface area (Å²) in [6.07, 6.45) is 1.88. The Balaban J connectivity index is 2.73. The molecule has 0 bridgehead atoms. The Hall–Kier alpha value is -0.690. The lowest BCUT2D eigenvalue weighted by Gasteiger charge is -2.09. The van der Waals surface area contributed by atoms with E-state index in [-0.39, 0.29) is 0 Å². The van der Waals surface area contributed by atoms with E-state index in [1.54, 1.807) is 0 Å². The summed E-state index contributed by atoms with van der Waals surface area (Å²) in [5.41, 5.74) is 2.59. The van der Waals surface area contributed by atoms with Gasteiger partial charge in [0.25, 0.3) is 0 Å². The molecular weight excluding hydrogens is 176 g/mol. The highest BCUT2D eigenvalue weighted by atomic mass is 32.2. The first kappa shape index (κ1) is 10.4. The molecule has 1 unspecified atom stereocenters. The van der Waals surface area contributed by atoms with Crippen LogP contribution in [0.1, 0.15) is 30.2 Å². The quantitative estimate of drug-likeness (QED) is 0.690. The van der Waals surface area contributed by atoms with Crippen LogP contribution in [0.2, 0.25) is 0 Å². The molecule has 0 aliphatic rings. The van der Waals surface area contributed by atoms with Gasteiger partial charge in [-0.3, -0.25) is 0 Å². The van der Waals surface area contributed by atoms with Crippen LogP contribution in [0.3, 0.4) is 0 Å². The topological polar surface area (TPSA) is 0 Å². The molecule has 0 saturated carbocycles. The van der Waals surface area contributed by atoms with Crippen molar-refractivity contribution in [3.8, 4) is 0 Å². The number of hydrogen-bond donors (Lipinski definition) is 0. The van der Waals surface area contributed by atoms with E-state index in [2.05, 4.69) is 44.7 Å². The second kappa shape index (κ2) is 5.13. The van der Waals surface area contributed by atoms with Gasteiger partial charge in [0, 0.05) is 5.25 Å². The molecule has 0 N–H and O–H groups in total. The molecule has 0 radical (unpaired) electrons. The smallest absolute Gasteiger partial charge is 0.0268 e. The minimum Gasteiger partial charge on any atom is -0.154 e. The van der Waals surface area contributed by atoms with Crippen molar-refractivity contribution in [1.82, 2.24) is 0 Å². The average molecular weight is 192 g/mol. The maximum absolute atomic E-state index is 3.74. The van der Waals surface area contributed by atoms with Crippen LogP contribution in [0.25, 0.3) is 6.08 Å². The molecule has 1 rings (SSSR count). The first-order chi connectivity index (χ1) is 6.27. The zero-order chi connectivity index (χ0) is 9.68. The number of rotatable bonds is 4. The maximum atomic E-state index is 3.74. The summed E-state index contributed by atoms with van der Waals surface area (Å²) in [5, 5.41) is 0.601. The largest absolute Gasteiger partial charge is 0.154 e. The molecule has 0 fully saturated rings. The lowest BCUT2D eigenvalue weighted by molar-refractivity contribution is 1.10. The number of benzene rings is 1. The van der Waals surface area contributed by atoms with Crippen molar-refractivity contribution in [3.05, 3.63) is 42.0 Å². The van der Waals surface area contributed by atoms with E-state index >= 15 is 0 Å². The molecule has 0 saturated heterocycles. The molecule has 0 heterocycles. The van der Waals surface area contributed by atoms with Gasteiger partial charge in [0.1, 0.15) is 0 Å². The fourth-order valence-electron chi connectivity index (χ4n) is 1.25. The van der Waals surface area contributed by atoms with Crippen molar-refractivity contribution in [1.29, 1.82) is 0 Å². The monoisotopic (exact) mass is 192 g/mol. The summed E-state index contributed by atoms with van der Waals surface area (Å²) in [7, 11) is 0. The van der Waals surface area contributed by atoms with Crippen molar-refractivity contribution in [3.63, 3.8) is 0 Å². The van der Waals surface area contributed by atoms with Crippen molar-refractivity contribution in [2.45, 2.75) is 19.1 Å². The van der Waals surface area contributed by atoms with Gasteiger partial charge in [-0.25, -0.2) is 0 Å². The van der Waals surface area contributed by atoms with E-state index in [0.717, 1.165) is 0 Å². The molecule has 0 nitrogen and oxygen atoms in total. The lowest BCUT2D eigenvalue weighted by atomic mass is 10.1. The Morgan fingerprint density at radius 3 is 2.46 bits per heavy atom. The summed E-state index contributed by atoms with van der Waals surface area (Å²) in [6.45, 7) is 8.18. The van der Waals surface area contributed by atoms with Gasteiger partial charge in [-0.1, -0.05) is 43.8 Å². The standard InChI is InChI=1S/C12H16S/c1-4-11-6-8-12(9-7-11)10(3)13-5-2/h4,6-10H,1,5H2,2-3H3. The number of thioether (sulfide) groups is 1. The highest BCUT2D eigenvalue weighted by Gasteiger charge is 2.03. The van der Waals surface area contributed by atoms with Gasteiger partial charge in [-0.15, -0.1) is 0 Å². The van der Waals surface area contributed by atoms with Crippen molar-refractivity contribution in [2.75, 3.05) is 5.75 Å². The highest BCUT2D eigenvalue weighted by Crippen LogP contribution is 2.27. The summed E-state index contributed by atoms with van der Waals surface area (Å²) >= 11 is 1.97. The van der Waals surface area contributed by atoms with Crippen molar-refractivity contribution in [2.24, 2.45) is 0 Å². The predicted molar refractivity (Wildman–Crippen MR) is 63.1 cm³/mol. The van der Waals surface area contributed by atoms with Gasteiger partial charge < -0.3 is 0 Å². The Bertz CT molecular complexity index is 261. The molecule has 70 valence electrons. The third-order valence-corrected chi connectivity index (χ3v) is 3.16. The second-order valence-corrected chi connectivity index (χ2v) is 4.59. The van der Waals surface area contributed by atoms with Crippen LogP contribution >= 0.6 is 11.8 Å². The first-order valence-corrected chi connectivity index (χ1v) is 5.66. The molecule has 0 spiro atoms. The van der Waals surface area contributed by atoms with E-state index in [1.807, 2.05) is 17.8 Å². The third-order valence-electron chi connectivity index (χ3n) is 2.06. The van der Waals surface area contributed by atoms with Crippen molar-refractivity contribution >= 4 is 17.8 Å². The Labute approximate surface area is 85.1 Å². The predicted octanol–water partition coefficient (Wildman–Crippen LogP) is 4.14. The van der Waals surface area contributed by atoms with Gasteiger partial charge in [-0.2, -0.15) is 11.8 Å². The summed E-state index contributed by atoms with van der Waals surface area (Å²) < 4.78 is 0. The second-order valence-electron chi connectivity index (χ2n) is 2.97. The molecule has 1 atom stereocenters. The summed E-state index contributed by atoms with van der Waals surface area (Å²) in [6, 6.07) is 8.61. The zero-order valence-corrected chi connectivity index (χ0v) is 9.10. The van der Waals surface area contributed by atoms with E-state index < -0.39 is 0 Å². The Morgan fingerprint density at radius 2 is 2.00 bits per heavy atom. The Kier molecular flexibility index (Phi) is 4.10. The van der Waals surface area contributed by atoms with E-state index in [4.69, 9.17) is 0 Å². The van der Waals surface area contributed by atoms with Crippen LogP contribution in [0.15, 0.2) is 30.8 Å². The van der Waals surface area contributed by atoms with Gasteiger partial charge in [0.05, 0.1) is 0 Å². The molecule has 1 aromatic carbocycles. The molecule has 1 aromatic rings. The van der Waals surface area contributed by atoms with Gasteiger partial charge in [0.2, 0.25) is 0 Å². The third kappa shape index (κ3) is 2.92. The molecule has 13 heavy (non-hydrogen) atoms. The van der Waals surface area contributed by atoms with E-state index in [9.17, 15) is 0 Å². The lowest BCUT2D eigenvalue weighted by Crippen LogP contribution is -1.88. The summed E-state index contributed by atoms with van der Waals surface area (Å²) in [4.78, 5) is 0. The van der Waals surface area contributed by atoms with Crippen LogP contribution in [0.5, 0.6) is 0 Å². The van der Waals surface area contributed by atoms with Gasteiger partial charge >= 0.3 is 0 Å². The van der Waals surface area contributed by atoms with Crippen LogP contribution in [-0.4, -0.2) is 5.75 Å². The van der Waals surface area contributed by atoms with Crippen LogP contribution < -0.4 is 0 Å². The average Bonchev–Trinajstić information content (AvgIpc) is 2.18. The minimum atomic E-state index is 0.601. The normalized spacial score (nSPS) is 12.5. The molecule has 0 aromatic heterocycles. The number of hydrogen-bond acceptors (Lipinski definition) is 1. The molecular formula is C12H16S. The first-order valence-electron chi connectivity index (χ1n) is 4.62. The van der Waals surface area contributed by atoms with Gasteiger partial charge in [0.15, 0.2) is 0 Å². The highest BCUT2D eigenvalue weighted by molar-refractivity contribution is 7.99. The fraction of sp³-hybridized carbons (Fsp3) is 0.333. The SMILES string of the molecule is C=Cc1ccc(C(C)SCC)cc1. The van der Waals surface area contributed by atoms with Crippen LogP contribution in [0.4, 0.5) is 0 Å². The fourth-order valence-corrected chi connectivity index (χ4v) is 2.10. The van der Waals surface area contributed by atoms with Crippen LogP contribution in [-0.2, 0) is 0 Å². The maximum Gasteiger partial charge on any atom is 0.0268 e. The zero-order valence-electron chi connectivity index (χ0n) is 8.29. The summed E-state index contributed by atoms with van der Waals surface area (Å²) in [5.74, 6) is 1.17. The molecule has 0 amide bonds.